The van der Waals surface area contributed by atoms with Crippen molar-refractivity contribution in [2.45, 2.75) is 27.2 Å². The Morgan fingerprint density at radius 2 is 1.94 bits per heavy atom. The zero-order chi connectivity index (χ0) is 12.1. The molecule has 84 valence electrons. The van der Waals surface area contributed by atoms with E-state index in [1.807, 2.05) is 12.2 Å². The Morgan fingerprint density at radius 1 is 1.25 bits per heavy atom. The van der Waals surface area contributed by atoms with E-state index in [1.54, 1.807) is 0 Å². The fraction of sp³-hybridized carbons (Fsp3) is 0.250. The molecule has 0 fully saturated rings. The van der Waals surface area contributed by atoms with E-state index in [4.69, 9.17) is 0 Å². The second kappa shape index (κ2) is 5.50. The second-order valence-electron chi connectivity index (χ2n) is 4.02. The van der Waals surface area contributed by atoms with Crippen molar-refractivity contribution in [3.8, 4) is 0 Å². The summed E-state index contributed by atoms with van der Waals surface area (Å²) in [5.74, 6) is 0. The van der Waals surface area contributed by atoms with E-state index >= 15 is 0 Å². The van der Waals surface area contributed by atoms with E-state index in [1.165, 1.54) is 27.8 Å². The SMILES string of the molecule is C=C/C(C)=C(\C=C)c1cc(C)ccc1CC. The van der Waals surface area contributed by atoms with Crippen LogP contribution in [0.1, 0.15) is 30.5 Å². The molecule has 16 heavy (non-hydrogen) atoms. The van der Waals surface area contributed by atoms with Gasteiger partial charge < -0.3 is 0 Å². The molecule has 0 saturated heterocycles. The molecule has 0 nitrogen and oxygen atoms in total. The average Bonchev–Trinajstić information content (AvgIpc) is 2.30. The fourth-order valence-electron chi connectivity index (χ4n) is 1.84. The maximum absolute atomic E-state index is 3.91. The number of rotatable bonds is 4. The maximum atomic E-state index is 3.91. The third-order valence-corrected chi connectivity index (χ3v) is 2.87. The number of allylic oxidation sites excluding steroid dienone is 4. The van der Waals surface area contributed by atoms with Gasteiger partial charge in [0.05, 0.1) is 0 Å². The lowest BCUT2D eigenvalue weighted by atomic mass is 9.93. The summed E-state index contributed by atoms with van der Waals surface area (Å²) in [6.07, 6.45) is 4.85. The largest absolute Gasteiger partial charge is 0.0988 e. The molecule has 0 spiro atoms. The van der Waals surface area contributed by atoms with Crippen LogP contribution in [-0.2, 0) is 6.42 Å². The van der Waals surface area contributed by atoms with Gasteiger partial charge in [-0.3, -0.25) is 0 Å². The van der Waals surface area contributed by atoms with Crippen molar-refractivity contribution in [3.05, 3.63) is 65.8 Å². The summed E-state index contributed by atoms with van der Waals surface area (Å²) in [5.41, 5.74) is 6.30. The number of aryl methyl sites for hydroxylation is 2. The summed E-state index contributed by atoms with van der Waals surface area (Å²) < 4.78 is 0. The van der Waals surface area contributed by atoms with Gasteiger partial charge in [0, 0.05) is 0 Å². The van der Waals surface area contributed by atoms with Gasteiger partial charge in [0.25, 0.3) is 0 Å². The Balaban J connectivity index is 3.45. The Kier molecular flexibility index (Phi) is 4.30. The van der Waals surface area contributed by atoms with Crippen LogP contribution in [0.3, 0.4) is 0 Å². The highest BCUT2D eigenvalue weighted by molar-refractivity contribution is 5.79. The lowest BCUT2D eigenvalue weighted by molar-refractivity contribution is 1.12. The number of hydrogen-bond acceptors (Lipinski definition) is 0. The Morgan fingerprint density at radius 3 is 2.44 bits per heavy atom. The van der Waals surface area contributed by atoms with Crippen LogP contribution in [0, 0.1) is 6.92 Å². The molecule has 0 heterocycles. The smallest absolute Gasteiger partial charge is 0.0147 e. The third kappa shape index (κ3) is 2.52. The van der Waals surface area contributed by atoms with Gasteiger partial charge in [-0.15, -0.1) is 0 Å². The van der Waals surface area contributed by atoms with E-state index in [0.29, 0.717) is 0 Å². The summed E-state index contributed by atoms with van der Waals surface area (Å²) in [6.45, 7) is 14.1. The first-order valence-electron chi connectivity index (χ1n) is 5.69. The topological polar surface area (TPSA) is 0 Å². The fourth-order valence-corrected chi connectivity index (χ4v) is 1.84. The monoisotopic (exact) mass is 212 g/mol. The lowest BCUT2D eigenvalue weighted by Crippen LogP contribution is -1.93. The molecule has 0 saturated carbocycles. The number of hydrogen-bond donors (Lipinski definition) is 0. The molecule has 0 bridgehead atoms. The van der Waals surface area contributed by atoms with Crippen molar-refractivity contribution in [2.24, 2.45) is 0 Å². The molecule has 0 aliphatic heterocycles. The van der Waals surface area contributed by atoms with E-state index in [9.17, 15) is 0 Å². The predicted octanol–water partition coefficient (Wildman–Crippen LogP) is 4.70. The molecule has 0 aromatic heterocycles. The molecule has 0 unspecified atom stereocenters. The Hall–Kier alpha value is -1.56. The lowest BCUT2D eigenvalue weighted by Gasteiger charge is -2.12. The third-order valence-electron chi connectivity index (χ3n) is 2.87. The molecule has 0 heteroatoms. The van der Waals surface area contributed by atoms with Crippen molar-refractivity contribution in [3.63, 3.8) is 0 Å². The zero-order valence-corrected chi connectivity index (χ0v) is 10.5. The first-order valence-corrected chi connectivity index (χ1v) is 5.69. The van der Waals surface area contributed by atoms with Crippen LogP contribution in [0.25, 0.3) is 5.57 Å². The molecule has 1 rings (SSSR count). The molecule has 0 aliphatic rings. The van der Waals surface area contributed by atoms with Crippen LogP contribution in [-0.4, -0.2) is 0 Å². The van der Waals surface area contributed by atoms with Crippen molar-refractivity contribution in [2.75, 3.05) is 0 Å². The van der Waals surface area contributed by atoms with E-state index < -0.39 is 0 Å². The van der Waals surface area contributed by atoms with E-state index in [2.05, 4.69) is 52.1 Å². The van der Waals surface area contributed by atoms with Crippen LogP contribution in [0.4, 0.5) is 0 Å². The second-order valence-corrected chi connectivity index (χ2v) is 4.02. The maximum Gasteiger partial charge on any atom is -0.0147 e. The first kappa shape index (κ1) is 12.5. The average molecular weight is 212 g/mol. The molecule has 0 radical (unpaired) electrons. The van der Waals surface area contributed by atoms with Crippen LogP contribution in [0.15, 0.2) is 49.1 Å². The van der Waals surface area contributed by atoms with Gasteiger partial charge in [-0.25, -0.2) is 0 Å². The molecule has 1 aromatic rings. The van der Waals surface area contributed by atoms with Gasteiger partial charge in [0.1, 0.15) is 0 Å². The standard InChI is InChI=1S/C16H20/c1-6-13(5)15(8-3)16-11-12(4)9-10-14(16)7-2/h6,8-11H,1,3,7H2,2,4-5H3/b15-13+. The Labute approximate surface area is 99.0 Å². The normalized spacial score (nSPS) is 11.9. The summed E-state index contributed by atoms with van der Waals surface area (Å²) >= 11 is 0. The van der Waals surface area contributed by atoms with Crippen LogP contribution in [0.5, 0.6) is 0 Å². The van der Waals surface area contributed by atoms with E-state index in [0.717, 1.165) is 6.42 Å². The molecule has 0 N–H and O–H groups in total. The van der Waals surface area contributed by atoms with Crippen molar-refractivity contribution < 1.29 is 0 Å². The van der Waals surface area contributed by atoms with Gasteiger partial charge in [-0.2, -0.15) is 0 Å². The summed E-state index contributed by atoms with van der Waals surface area (Å²) in [4.78, 5) is 0. The van der Waals surface area contributed by atoms with Crippen LogP contribution >= 0.6 is 0 Å². The minimum absolute atomic E-state index is 1.04. The zero-order valence-electron chi connectivity index (χ0n) is 10.5. The first-order chi connectivity index (χ1) is 7.63. The number of benzene rings is 1. The van der Waals surface area contributed by atoms with E-state index in [-0.39, 0.29) is 0 Å². The molecule has 0 amide bonds. The van der Waals surface area contributed by atoms with Crippen molar-refractivity contribution in [1.29, 1.82) is 0 Å². The molecule has 0 atom stereocenters. The Bertz CT molecular complexity index is 433. The van der Waals surface area contributed by atoms with Gasteiger partial charge >= 0.3 is 0 Å². The molecular formula is C16H20. The van der Waals surface area contributed by atoms with Crippen molar-refractivity contribution in [1.82, 2.24) is 0 Å². The van der Waals surface area contributed by atoms with Gasteiger partial charge in [0.2, 0.25) is 0 Å². The highest BCUT2D eigenvalue weighted by Gasteiger charge is 2.06. The van der Waals surface area contributed by atoms with Gasteiger partial charge in [0.15, 0.2) is 0 Å². The van der Waals surface area contributed by atoms with Crippen LogP contribution < -0.4 is 0 Å². The summed E-state index contributed by atoms with van der Waals surface area (Å²) in [6, 6.07) is 6.58. The van der Waals surface area contributed by atoms with Crippen LogP contribution in [0.2, 0.25) is 0 Å². The summed E-state index contributed by atoms with van der Waals surface area (Å²) in [7, 11) is 0. The van der Waals surface area contributed by atoms with Gasteiger partial charge in [-0.05, 0) is 42.5 Å². The highest BCUT2D eigenvalue weighted by atomic mass is 14.1. The summed E-state index contributed by atoms with van der Waals surface area (Å²) in [5, 5.41) is 0. The quantitative estimate of drug-likeness (QED) is 0.634. The minimum atomic E-state index is 1.04. The molecule has 1 aromatic carbocycles. The highest BCUT2D eigenvalue weighted by Crippen LogP contribution is 2.25. The molecular weight excluding hydrogens is 192 g/mol. The minimum Gasteiger partial charge on any atom is -0.0988 e. The predicted molar refractivity (Wildman–Crippen MR) is 73.5 cm³/mol. The molecule has 0 aliphatic carbocycles. The van der Waals surface area contributed by atoms with Gasteiger partial charge in [-0.1, -0.05) is 56.0 Å². The van der Waals surface area contributed by atoms with Crippen molar-refractivity contribution >= 4 is 5.57 Å².